The number of benzene rings is 1. The summed E-state index contributed by atoms with van der Waals surface area (Å²) < 4.78 is 1.65. The molecule has 0 aliphatic carbocycles. The van der Waals surface area contributed by atoms with Crippen molar-refractivity contribution < 1.29 is 9.90 Å². The van der Waals surface area contributed by atoms with Crippen LogP contribution in [-0.2, 0) is 7.05 Å². The number of rotatable bonds is 1. The van der Waals surface area contributed by atoms with Crippen molar-refractivity contribution in [1.82, 2.24) is 9.55 Å². The molecule has 5 nitrogen and oxygen atoms in total. The van der Waals surface area contributed by atoms with Crippen molar-refractivity contribution >= 4 is 23.0 Å². The van der Waals surface area contributed by atoms with Crippen LogP contribution in [0.3, 0.4) is 0 Å². The summed E-state index contributed by atoms with van der Waals surface area (Å²) in [5.41, 5.74) is 7.25. The number of hydrogen-bond acceptors (Lipinski definition) is 3. The maximum absolute atomic E-state index is 10.7. The first-order chi connectivity index (χ1) is 6.59. The first-order valence-corrected chi connectivity index (χ1v) is 4.05. The van der Waals surface area contributed by atoms with Gasteiger partial charge in [0.15, 0.2) is 0 Å². The highest BCUT2D eigenvalue weighted by Gasteiger charge is 2.08. The first-order valence-electron chi connectivity index (χ1n) is 4.05. The molecule has 2 rings (SSSR count). The monoisotopic (exact) mass is 191 g/mol. The third kappa shape index (κ3) is 1.10. The SMILES string of the molecule is Cn1c(N)nc2ccc(C(=O)O)cc21. The van der Waals surface area contributed by atoms with E-state index in [9.17, 15) is 4.79 Å². The highest BCUT2D eigenvalue weighted by Crippen LogP contribution is 2.17. The molecule has 14 heavy (non-hydrogen) atoms. The van der Waals surface area contributed by atoms with Crippen LogP contribution in [0.25, 0.3) is 11.0 Å². The molecular formula is C9H9N3O2. The highest BCUT2D eigenvalue weighted by atomic mass is 16.4. The van der Waals surface area contributed by atoms with Gasteiger partial charge in [0.05, 0.1) is 16.6 Å². The van der Waals surface area contributed by atoms with Gasteiger partial charge >= 0.3 is 5.97 Å². The normalized spacial score (nSPS) is 10.6. The Morgan fingerprint density at radius 3 is 2.93 bits per heavy atom. The molecule has 0 radical (unpaired) electrons. The van der Waals surface area contributed by atoms with Gasteiger partial charge in [0.1, 0.15) is 0 Å². The number of nitrogens with zero attached hydrogens (tertiary/aromatic N) is 2. The van der Waals surface area contributed by atoms with E-state index in [1.807, 2.05) is 0 Å². The topological polar surface area (TPSA) is 81.1 Å². The molecule has 0 amide bonds. The summed E-state index contributed by atoms with van der Waals surface area (Å²) in [6, 6.07) is 4.72. The van der Waals surface area contributed by atoms with Crippen LogP contribution in [0.4, 0.5) is 5.95 Å². The summed E-state index contributed by atoms with van der Waals surface area (Å²) in [7, 11) is 1.75. The summed E-state index contributed by atoms with van der Waals surface area (Å²) in [5, 5.41) is 8.78. The van der Waals surface area contributed by atoms with E-state index in [4.69, 9.17) is 10.8 Å². The van der Waals surface area contributed by atoms with E-state index in [0.717, 1.165) is 5.52 Å². The Balaban J connectivity index is 2.76. The summed E-state index contributed by atoms with van der Waals surface area (Å²) in [6.45, 7) is 0. The Morgan fingerprint density at radius 1 is 1.57 bits per heavy atom. The molecule has 0 atom stereocenters. The van der Waals surface area contributed by atoms with E-state index in [1.54, 1.807) is 23.7 Å². The molecule has 1 aromatic heterocycles. The first kappa shape index (κ1) is 8.55. The number of fused-ring (bicyclic) bond motifs is 1. The number of nitrogen functional groups attached to an aromatic ring is 1. The van der Waals surface area contributed by atoms with Gasteiger partial charge in [-0.25, -0.2) is 9.78 Å². The zero-order valence-corrected chi connectivity index (χ0v) is 7.56. The van der Waals surface area contributed by atoms with E-state index < -0.39 is 5.97 Å². The van der Waals surface area contributed by atoms with Crippen LogP contribution in [0.15, 0.2) is 18.2 Å². The number of anilines is 1. The van der Waals surface area contributed by atoms with Crippen molar-refractivity contribution in [1.29, 1.82) is 0 Å². The van der Waals surface area contributed by atoms with Gasteiger partial charge in [-0.05, 0) is 18.2 Å². The lowest BCUT2D eigenvalue weighted by Gasteiger charge is -1.97. The molecule has 5 heteroatoms. The van der Waals surface area contributed by atoms with Crippen LogP contribution in [-0.4, -0.2) is 20.6 Å². The average Bonchev–Trinajstić information content (AvgIpc) is 2.43. The average molecular weight is 191 g/mol. The fourth-order valence-electron chi connectivity index (χ4n) is 1.34. The van der Waals surface area contributed by atoms with Crippen LogP contribution in [0, 0.1) is 0 Å². The summed E-state index contributed by atoms with van der Waals surface area (Å²) in [5.74, 6) is -0.575. The second-order valence-electron chi connectivity index (χ2n) is 3.04. The predicted molar refractivity (Wildman–Crippen MR) is 52.1 cm³/mol. The van der Waals surface area contributed by atoms with Gasteiger partial charge in [0.2, 0.25) is 5.95 Å². The van der Waals surface area contributed by atoms with E-state index in [2.05, 4.69) is 4.98 Å². The van der Waals surface area contributed by atoms with Crippen molar-refractivity contribution in [3.8, 4) is 0 Å². The molecule has 0 fully saturated rings. The van der Waals surface area contributed by atoms with E-state index in [-0.39, 0.29) is 5.56 Å². The standard InChI is InChI=1S/C9H9N3O2/c1-12-7-4-5(8(13)14)2-3-6(7)11-9(12)10/h2-4H,1H3,(H2,10,11)(H,13,14). The molecule has 1 heterocycles. The fraction of sp³-hybridized carbons (Fsp3) is 0.111. The third-order valence-electron chi connectivity index (χ3n) is 2.16. The third-order valence-corrected chi connectivity index (χ3v) is 2.16. The molecule has 2 aromatic rings. The van der Waals surface area contributed by atoms with Crippen molar-refractivity contribution in [2.75, 3.05) is 5.73 Å². The molecule has 0 unspecified atom stereocenters. The zero-order valence-electron chi connectivity index (χ0n) is 7.56. The minimum absolute atomic E-state index is 0.237. The molecule has 0 aliphatic heterocycles. The van der Waals surface area contributed by atoms with Gasteiger partial charge in [-0.15, -0.1) is 0 Å². The Morgan fingerprint density at radius 2 is 2.29 bits per heavy atom. The second kappa shape index (κ2) is 2.73. The van der Waals surface area contributed by atoms with Crippen LogP contribution in [0.2, 0.25) is 0 Å². The summed E-state index contributed by atoms with van der Waals surface area (Å²) in [4.78, 5) is 14.8. The fourth-order valence-corrected chi connectivity index (χ4v) is 1.34. The van der Waals surface area contributed by atoms with Crippen molar-refractivity contribution in [3.63, 3.8) is 0 Å². The largest absolute Gasteiger partial charge is 0.478 e. The molecule has 0 saturated heterocycles. The van der Waals surface area contributed by atoms with Crippen LogP contribution >= 0.6 is 0 Å². The number of aromatic nitrogens is 2. The maximum Gasteiger partial charge on any atom is 0.335 e. The molecule has 72 valence electrons. The Hall–Kier alpha value is -2.04. The molecule has 0 saturated carbocycles. The van der Waals surface area contributed by atoms with Crippen LogP contribution in [0.1, 0.15) is 10.4 Å². The Kier molecular flexibility index (Phi) is 1.67. The second-order valence-corrected chi connectivity index (χ2v) is 3.04. The number of carboxylic acid groups (broad SMARTS) is 1. The van der Waals surface area contributed by atoms with Crippen molar-refractivity contribution in [2.45, 2.75) is 0 Å². The molecule has 0 spiro atoms. The quantitative estimate of drug-likeness (QED) is 0.700. The van der Waals surface area contributed by atoms with E-state index >= 15 is 0 Å². The predicted octanol–water partition coefficient (Wildman–Crippen LogP) is 0.854. The van der Waals surface area contributed by atoms with Gasteiger partial charge < -0.3 is 15.4 Å². The van der Waals surface area contributed by atoms with Gasteiger partial charge in [-0.2, -0.15) is 0 Å². The lowest BCUT2D eigenvalue weighted by molar-refractivity contribution is 0.0697. The van der Waals surface area contributed by atoms with Crippen LogP contribution < -0.4 is 5.73 Å². The number of hydrogen-bond donors (Lipinski definition) is 2. The molecular weight excluding hydrogens is 182 g/mol. The number of imidazole rings is 1. The van der Waals surface area contributed by atoms with Gasteiger partial charge in [-0.1, -0.05) is 0 Å². The van der Waals surface area contributed by atoms with Gasteiger partial charge in [0.25, 0.3) is 0 Å². The van der Waals surface area contributed by atoms with Crippen LogP contribution in [0.5, 0.6) is 0 Å². The van der Waals surface area contributed by atoms with Gasteiger partial charge in [-0.3, -0.25) is 0 Å². The number of carbonyl (C=O) groups is 1. The lowest BCUT2D eigenvalue weighted by atomic mass is 10.2. The van der Waals surface area contributed by atoms with Gasteiger partial charge in [0, 0.05) is 7.05 Å². The van der Waals surface area contributed by atoms with E-state index in [1.165, 1.54) is 6.07 Å². The Labute approximate surface area is 79.8 Å². The number of aryl methyl sites for hydroxylation is 1. The minimum Gasteiger partial charge on any atom is -0.478 e. The number of aromatic carboxylic acids is 1. The molecule has 1 aromatic carbocycles. The molecule has 3 N–H and O–H groups in total. The lowest BCUT2D eigenvalue weighted by Crippen LogP contribution is -1.98. The highest BCUT2D eigenvalue weighted by molar-refractivity contribution is 5.92. The number of carboxylic acids is 1. The molecule has 0 bridgehead atoms. The minimum atomic E-state index is -0.952. The smallest absolute Gasteiger partial charge is 0.335 e. The summed E-state index contributed by atoms with van der Waals surface area (Å²) in [6.07, 6.45) is 0. The van der Waals surface area contributed by atoms with E-state index in [0.29, 0.717) is 11.5 Å². The van der Waals surface area contributed by atoms with Crippen molar-refractivity contribution in [3.05, 3.63) is 23.8 Å². The Bertz CT molecular complexity index is 516. The van der Waals surface area contributed by atoms with Crippen molar-refractivity contribution in [2.24, 2.45) is 7.05 Å². The zero-order chi connectivity index (χ0) is 10.3. The number of nitrogens with two attached hydrogens (primary N) is 1. The maximum atomic E-state index is 10.7. The summed E-state index contributed by atoms with van der Waals surface area (Å²) >= 11 is 0. The molecule has 0 aliphatic rings.